The molecule has 0 saturated carbocycles. The average Bonchev–Trinajstić information content (AvgIpc) is 3.92. The van der Waals surface area contributed by atoms with Crippen molar-refractivity contribution in [2.45, 2.75) is 39.1 Å². The van der Waals surface area contributed by atoms with Crippen LogP contribution in [-0.4, -0.2) is 65.1 Å². The number of halogens is 5. The largest absolute Gasteiger partial charge is 0.445 e. The first-order valence-electron chi connectivity index (χ1n) is 19.4. The van der Waals surface area contributed by atoms with Crippen molar-refractivity contribution in [2.24, 2.45) is 5.73 Å². The first-order chi connectivity index (χ1) is 31.5. The third-order valence-corrected chi connectivity index (χ3v) is 9.04. The van der Waals surface area contributed by atoms with E-state index in [-0.39, 0.29) is 77.3 Å². The Morgan fingerprint density at radius 2 is 1.11 bits per heavy atom. The van der Waals surface area contributed by atoms with Crippen LogP contribution in [0.25, 0.3) is 22.5 Å². The van der Waals surface area contributed by atoms with Gasteiger partial charge in [0, 0.05) is 44.9 Å². The molecule has 5 N–H and O–H groups in total. The molecule has 0 bridgehead atoms. The first-order valence-corrected chi connectivity index (χ1v) is 20.5. The number of nitrogens with zero attached hydrogens (tertiary/aromatic N) is 8. The lowest BCUT2D eigenvalue weighted by Crippen LogP contribution is -2.26. The molecule has 65 heavy (non-hydrogen) atoms. The molecule has 2 aromatic carbocycles. The van der Waals surface area contributed by atoms with Crippen LogP contribution >= 0.6 is 34.8 Å². The molecule has 23 heteroatoms. The molecule has 0 atom stereocenters. The fourth-order valence-electron chi connectivity index (χ4n) is 5.36. The quantitative estimate of drug-likeness (QED) is 0.0597. The van der Waals surface area contributed by atoms with Gasteiger partial charge in [-0.25, -0.2) is 33.3 Å². The third-order valence-electron chi connectivity index (χ3n) is 8.44. The van der Waals surface area contributed by atoms with Gasteiger partial charge >= 0.3 is 12.2 Å². The van der Waals surface area contributed by atoms with E-state index in [0.717, 1.165) is 11.1 Å². The highest BCUT2D eigenvalue weighted by molar-refractivity contribution is 6.35. The number of benzene rings is 2. The Morgan fingerprint density at radius 3 is 1.62 bits per heavy atom. The predicted molar refractivity (Wildman–Crippen MR) is 235 cm³/mol. The molecular weight excluding hydrogens is 913 g/mol. The third kappa shape index (κ3) is 14.7. The van der Waals surface area contributed by atoms with Crippen LogP contribution in [0.3, 0.4) is 0 Å². The number of fused-ring (bicyclic) bond motifs is 2. The normalized spacial score (nSPS) is 10.6. The molecule has 0 fully saturated rings. The number of hydrogen-bond acceptors (Lipinski definition) is 16. The standard InChI is InChI=1S/C21H18ClFN6O3.C15H12Cl2N4O3.C6H7FN2/c22-20-28-18(26-11-15-14(23)7-4-9-24-15)17-19(29-20)32-16(27-17)8-10-25-21(30)31-12-13-5-2-1-3-6-13;16-12-11-13(21-14(17)20-12)24-10(19-11)6-7-18-15(22)23-8-9-4-2-1-3-5-9;7-5-2-1-3-9-6(5)4-8/h1-7,9H,8,10-12H2,(H,25,30)(H,26,28,29);1-5H,6-8H2,(H,18,22);1-3H,4,8H2. The second-order valence-corrected chi connectivity index (χ2v) is 14.1. The number of alkyl carbamates (subject to hydrolysis) is 2. The van der Waals surface area contributed by atoms with Gasteiger partial charge < -0.3 is 40.0 Å². The molecule has 0 unspecified atom stereocenters. The molecular formula is C42H37Cl3F2N12O6. The van der Waals surface area contributed by atoms with Crippen molar-refractivity contribution in [3.8, 4) is 0 Å². The minimum Gasteiger partial charge on any atom is -0.445 e. The number of pyridine rings is 2. The van der Waals surface area contributed by atoms with Gasteiger partial charge in [-0.3, -0.25) is 9.97 Å². The number of rotatable bonds is 14. The highest BCUT2D eigenvalue weighted by Crippen LogP contribution is 2.24. The van der Waals surface area contributed by atoms with Crippen LogP contribution in [0.4, 0.5) is 24.2 Å². The average molecular weight is 950 g/mol. The molecule has 0 spiro atoms. The van der Waals surface area contributed by atoms with Gasteiger partial charge in [0.1, 0.15) is 24.8 Å². The Kier molecular flexibility index (Phi) is 17.5. The zero-order chi connectivity index (χ0) is 46.0. The Hall–Kier alpha value is -7.13. The SMILES string of the molecule is NCc1ncccc1F.O=C(NCCc1nc2c(Cl)nc(Cl)nc2o1)OCc1ccccc1.O=C(NCCc1nc2c(NCc3ncccc3F)nc(Cl)nc2o1)OCc1ccccc1. The highest BCUT2D eigenvalue weighted by atomic mass is 35.5. The summed E-state index contributed by atoms with van der Waals surface area (Å²) in [5, 5.41) is 8.26. The van der Waals surface area contributed by atoms with E-state index >= 15 is 0 Å². The van der Waals surface area contributed by atoms with Gasteiger partial charge in [0.25, 0.3) is 11.4 Å². The summed E-state index contributed by atoms with van der Waals surface area (Å²) in [6.45, 7) is 1.15. The van der Waals surface area contributed by atoms with Crippen molar-refractivity contribution in [3.05, 3.63) is 159 Å². The molecule has 8 aromatic rings. The van der Waals surface area contributed by atoms with Crippen molar-refractivity contribution in [3.63, 3.8) is 0 Å². The van der Waals surface area contributed by atoms with Crippen LogP contribution in [0.2, 0.25) is 15.7 Å². The summed E-state index contributed by atoms with van der Waals surface area (Å²) in [4.78, 5) is 55.5. The Labute approximate surface area is 383 Å². The lowest BCUT2D eigenvalue weighted by atomic mass is 10.2. The van der Waals surface area contributed by atoms with E-state index in [2.05, 4.69) is 55.8 Å². The molecule has 0 aliphatic heterocycles. The summed E-state index contributed by atoms with van der Waals surface area (Å²) in [5.41, 5.74) is 8.55. The number of aromatic nitrogens is 8. The smallest absolute Gasteiger partial charge is 0.407 e. The molecule has 0 saturated heterocycles. The fourth-order valence-corrected chi connectivity index (χ4v) is 5.93. The maximum Gasteiger partial charge on any atom is 0.407 e. The molecule has 0 aliphatic rings. The van der Waals surface area contributed by atoms with Crippen molar-refractivity contribution >= 4 is 75.3 Å². The molecule has 2 amide bonds. The van der Waals surface area contributed by atoms with Gasteiger partial charge in [-0.05, 0) is 58.6 Å². The van der Waals surface area contributed by atoms with Crippen LogP contribution in [0.1, 0.15) is 34.3 Å². The Morgan fingerprint density at radius 1 is 0.615 bits per heavy atom. The zero-order valence-corrected chi connectivity index (χ0v) is 36.2. The van der Waals surface area contributed by atoms with Gasteiger partial charge in [0.05, 0.1) is 17.9 Å². The maximum absolute atomic E-state index is 13.8. The molecule has 8 rings (SSSR count). The number of carbonyl (C=O) groups is 2. The fraction of sp³-hybridized carbons (Fsp3) is 0.190. The van der Waals surface area contributed by atoms with Crippen molar-refractivity contribution in [1.29, 1.82) is 0 Å². The van der Waals surface area contributed by atoms with Crippen LogP contribution in [0, 0.1) is 11.6 Å². The summed E-state index contributed by atoms with van der Waals surface area (Å²) in [5.74, 6) is 0.205. The molecule has 336 valence electrons. The lowest BCUT2D eigenvalue weighted by Gasteiger charge is -2.06. The lowest BCUT2D eigenvalue weighted by molar-refractivity contribution is 0.139. The molecule has 0 radical (unpaired) electrons. The summed E-state index contributed by atoms with van der Waals surface area (Å²) in [6, 6.07) is 24.5. The number of anilines is 1. The summed E-state index contributed by atoms with van der Waals surface area (Å²) in [6.07, 6.45) is 2.59. The number of nitrogens with one attached hydrogen (secondary N) is 3. The second-order valence-electron chi connectivity index (χ2n) is 13.0. The number of hydrogen-bond donors (Lipinski definition) is 4. The van der Waals surface area contributed by atoms with Gasteiger partial charge in [-0.1, -0.05) is 72.3 Å². The van der Waals surface area contributed by atoms with E-state index in [1.807, 2.05) is 60.7 Å². The summed E-state index contributed by atoms with van der Waals surface area (Å²) >= 11 is 17.6. The number of amides is 2. The van der Waals surface area contributed by atoms with E-state index in [1.54, 1.807) is 0 Å². The van der Waals surface area contributed by atoms with Crippen LogP contribution in [0.5, 0.6) is 0 Å². The van der Waals surface area contributed by atoms with E-state index in [1.165, 1.54) is 36.7 Å². The minimum absolute atomic E-state index is 0.0159. The first kappa shape index (κ1) is 47.4. The van der Waals surface area contributed by atoms with Crippen molar-refractivity contribution in [1.82, 2.24) is 50.5 Å². The van der Waals surface area contributed by atoms with Crippen molar-refractivity contribution in [2.75, 3.05) is 18.4 Å². The van der Waals surface area contributed by atoms with E-state index < -0.39 is 18.0 Å². The number of oxazole rings is 2. The van der Waals surface area contributed by atoms with Crippen molar-refractivity contribution < 1.29 is 36.7 Å². The molecule has 18 nitrogen and oxygen atoms in total. The van der Waals surface area contributed by atoms with Gasteiger partial charge in [-0.15, -0.1) is 0 Å². The van der Waals surface area contributed by atoms with E-state index in [4.69, 9.17) is 58.8 Å². The zero-order valence-electron chi connectivity index (χ0n) is 33.9. The minimum atomic E-state index is -0.549. The Bertz CT molecular complexity index is 2810. The van der Waals surface area contributed by atoms with Crippen LogP contribution < -0.4 is 21.7 Å². The number of carbonyl (C=O) groups excluding carboxylic acids is 2. The van der Waals surface area contributed by atoms with Gasteiger partial charge in [0.2, 0.25) is 10.6 Å². The molecule has 6 heterocycles. The predicted octanol–water partition coefficient (Wildman–Crippen LogP) is 7.96. The van der Waals surface area contributed by atoms with Crippen LogP contribution in [-0.2, 0) is 48.6 Å². The van der Waals surface area contributed by atoms with E-state index in [9.17, 15) is 18.4 Å². The topological polar surface area (TPSA) is 244 Å². The molecule has 6 aromatic heterocycles. The number of nitrogens with two attached hydrogens (primary N) is 1. The summed E-state index contributed by atoms with van der Waals surface area (Å²) < 4.78 is 47.5. The van der Waals surface area contributed by atoms with Gasteiger partial charge in [-0.2, -0.15) is 15.0 Å². The van der Waals surface area contributed by atoms with E-state index in [0.29, 0.717) is 47.9 Å². The second kappa shape index (κ2) is 24.1. The van der Waals surface area contributed by atoms with Gasteiger partial charge in [0.15, 0.2) is 33.8 Å². The summed E-state index contributed by atoms with van der Waals surface area (Å²) in [7, 11) is 0. The molecule has 0 aliphatic carbocycles. The maximum atomic E-state index is 13.8. The van der Waals surface area contributed by atoms with Crippen LogP contribution in [0.15, 0.2) is 106 Å². The monoisotopic (exact) mass is 948 g/mol. The highest BCUT2D eigenvalue weighted by Gasteiger charge is 2.17. The Balaban J connectivity index is 0.000000186. The number of ether oxygens (including phenoxy) is 2.